The minimum Gasteiger partial charge on any atom is -0.478 e. The Morgan fingerprint density at radius 2 is 1.91 bits per heavy atom. The molecule has 0 bridgehead atoms. The number of hydrogen-bond acceptors (Lipinski definition) is 6. The van der Waals surface area contributed by atoms with Gasteiger partial charge in [-0.2, -0.15) is 4.48 Å². The van der Waals surface area contributed by atoms with Gasteiger partial charge in [0.05, 0.1) is 13.2 Å². The van der Waals surface area contributed by atoms with Gasteiger partial charge in [0.2, 0.25) is 6.23 Å². The normalized spacial score (nSPS) is 23.2. The van der Waals surface area contributed by atoms with Gasteiger partial charge in [-0.3, -0.25) is 4.79 Å². The van der Waals surface area contributed by atoms with Crippen molar-refractivity contribution in [1.29, 1.82) is 0 Å². The lowest BCUT2D eigenvalue weighted by atomic mass is 10.1. The predicted molar refractivity (Wildman–Crippen MR) is 130 cm³/mol. The Hall–Kier alpha value is -2.65. The molecule has 188 valence electrons. The molecular weight excluding hydrogens is 426 g/mol. The van der Waals surface area contributed by atoms with Crippen LogP contribution in [0, 0.1) is 0 Å². The standard InChI is InChI=1S/C13H21N3O2.C5H10O.C4H4O3.C2H6/c1-3-4-5-10-6-7-12(18-10)16(2)9-8-11(14)15-13(16)17;1-3-4-5(2)6;5-3-1-2-4(6)7;1-2/h8-10,12H,3-7H2,1-2H3,(H-,14,15,17);3-4H2,1-2H3;1-3H,(H,6,7);1-2H3/p+1/b;;2-1-;. The van der Waals surface area contributed by atoms with Crippen molar-refractivity contribution in [3.05, 3.63) is 24.4 Å². The molecule has 33 heavy (non-hydrogen) atoms. The fraction of sp³-hybridized carbons (Fsp3) is 0.625. The van der Waals surface area contributed by atoms with Gasteiger partial charge >= 0.3 is 12.0 Å². The molecule has 2 rings (SSSR count). The van der Waals surface area contributed by atoms with E-state index in [0.29, 0.717) is 6.29 Å². The Morgan fingerprint density at radius 3 is 2.30 bits per heavy atom. The van der Waals surface area contributed by atoms with Gasteiger partial charge in [0.15, 0.2) is 0 Å². The van der Waals surface area contributed by atoms with Gasteiger partial charge in [-0.25, -0.2) is 9.59 Å². The van der Waals surface area contributed by atoms with E-state index in [1.807, 2.05) is 27.8 Å². The second-order valence-electron chi connectivity index (χ2n) is 7.50. The number of Topliss-reactive ketones (excluding diaryl/α,β-unsaturated/α-hetero) is 1. The molecule has 3 unspecified atom stereocenters. The maximum atomic E-state index is 12.0. The zero-order valence-corrected chi connectivity index (χ0v) is 21.0. The van der Waals surface area contributed by atoms with E-state index in [1.165, 1.54) is 12.8 Å². The summed E-state index contributed by atoms with van der Waals surface area (Å²) in [5.74, 6) is -0.541. The summed E-state index contributed by atoms with van der Waals surface area (Å²) in [6, 6.07) is -0.240. The van der Waals surface area contributed by atoms with Crippen molar-refractivity contribution in [3.8, 4) is 0 Å². The highest BCUT2D eigenvalue weighted by Gasteiger charge is 2.45. The largest absolute Gasteiger partial charge is 0.478 e. The summed E-state index contributed by atoms with van der Waals surface area (Å²) in [5, 5.41) is 7.80. The molecule has 0 aromatic heterocycles. The third-order valence-electron chi connectivity index (χ3n) is 4.67. The van der Waals surface area contributed by atoms with Crippen LogP contribution in [0.4, 0.5) is 4.79 Å². The number of aldehydes is 1. The SMILES string of the molecule is CC.CCCC(C)=O.CCCCC1CCC([N+]2(C)C=CC(N)=NC2=O)O1.O=C/C=C\C(=O)O. The van der Waals surface area contributed by atoms with Crippen LogP contribution in [0.15, 0.2) is 29.4 Å². The Labute approximate surface area is 198 Å². The Morgan fingerprint density at radius 1 is 1.27 bits per heavy atom. The van der Waals surface area contributed by atoms with Crippen LogP contribution in [0.2, 0.25) is 0 Å². The number of aliphatic carboxylic acids is 1. The molecule has 2 aliphatic heterocycles. The van der Waals surface area contributed by atoms with Gasteiger partial charge in [0.1, 0.15) is 24.1 Å². The van der Waals surface area contributed by atoms with Gasteiger partial charge < -0.3 is 20.4 Å². The number of carboxylic acids is 1. The fourth-order valence-electron chi connectivity index (χ4n) is 2.97. The first kappa shape index (κ1) is 32.5. The number of amidine groups is 1. The van der Waals surface area contributed by atoms with Crippen LogP contribution in [0.1, 0.15) is 79.6 Å². The van der Waals surface area contributed by atoms with Crippen molar-refractivity contribution in [2.45, 2.75) is 91.9 Å². The van der Waals surface area contributed by atoms with E-state index in [1.54, 1.807) is 19.2 Å². The molecule has 2 aliphatic rings. The second-order valence-corrected chi connectivity index (χ2v) is 7.50. The lowest BCUT2D eigenvalue weighted by Gasteiger charge is -2.32. The average Bonchev–Trinajstić information content (AvgIpc) is 3.25. The molecule has 0 aromatic rings. The molecule has 9 heteroatoms. The number of nitrogens with two attached hydrogens (primary N) is 1. The summed E-state index contributed by atoms with van der Waals surface area (Å²) < 4.78 is 6.09. The summed E-state index contributed by atoms with van der Waals surface area (Å²) in [4.78, 5) is 44.8. The number of carbonyl (C=O) groups is 4. The number of ketones is 1. The third kappa shape index (κ3) is 14.2. The molecular formula is C24H42N3O6+. The molecule has 1 fully saturated rings. The molecule has 3 N–H and O–H groups in total. The number of allylic oxidation sites excluding steroid dienone is 1. The zero-order valence-electron chi connectivity index (χ0n) is 21.0. The molecule has 0 spiro atoms. The number of amides is 2. The van der Waals surface area contributed by atoms with E-state index in [2.05, 4.69) is 11.9 Å². The number of rotatable bonds is 8. The fourth-order valence-corrected chi connectivity index (χ4v) is 2.97. The summed E-state index contributed by atoms with van der Waals surface area (Å²) in [6.45, 7) is 9.79. The van der Waals surface area contributed by atoms with Crippen molar-refractivity contribution in [2.24, 2.45) is 10.7 Å². The number of quaternary nitrogens is 1. The Balaban J connectivity index is 0. The van der Waals surface area contributed by atoms with Crippen molar-refractivity contribution < 1.29 is 33.5 Å². The summed E-state index contributed by atoms with van der Waals surface area (Å²) in [7, 11) is 1.83. The highest BCUT2D eigenvalue weighted by molar-refractivity contribution is 5.99. The van der Waals surface area contributed by atoms with E-state index >= 15 is 0 Å². The van der Waals surface area contributed by atoms with Crippen LogP contribution in [-0.2, 0) is 19.1 Å². The van der Waals surface area contributed by atoms with Crippen LogP contribution in [0.3, 0.4) is 0 Å². The number of urea groups is 1. The van der Waals surface area contributed by atoms with Crippen molar-refractivity contribution in [3.63, 3.8) is 0 Å². The quantitative estimate of drug-likeness (QED) is 0.307. The van der Waals surface area contributed by atoms with Crippen molar-refractivity contribution >= 4 is 29.9 Å². The van der Waals surface area contributed by atoms with Gasteiger partial charge in [-0.05, 0) is 32.3 Å². The first-order valence-electron chi connectivity index (χ1n) is 11.5. The number of unbranched alkanes of at least 4 members (excludes halogenated alkanes) is 1. The molecule has 0 aliphatic carbocycles. The molecule has 2 amide bonds. The number of carbonyl (C=O) groups excluding carboxylic acids is 3. The van der Waals surface area contributed by atoms with Gasteiger partial charge in [0.25, 0.3) is 0 Å². The lowest BCUT2D eigenvalue weighted by Crippen LogP contribution is -2.53. The first-order valence-corrected chi connectivity index (χ1v) is 11.5. The van der Waals surface area contributed by atoms with E-state index in [0.717, 1.165) is 44.3 Å². The number of carboxylic acid groups (broad SMARTS) is 1. The maximum Gasteiger partial charge on any atom is 0.451 e. The van der Waals surface area contributed by atoms with Crippen molar-refractivity contribution in [2.75, 3.05) is 7.05 Å². The maximum absolute atomic E-state index is 12.0. The summed E-state index contributed by atoms with van der Waals surface area (Å²) >= 11 is 0. The van der Waals surface area contributed by atoms with Crippen LogP contribution in [0.5, 0.6) is 0 Å². The highest BCUT2D eigenvalue weighted by Crippen LogP contribution is 2.31. The van der Waals surface area contributed by atoms with Crippen LogP contribution in [-0.4, -0.2) is 58.9 Å². The van der Waals surface area contributed by atoms with Gasteiger partial charge in [-0.15, -0.1) is 4.99 Å². The molecule has 0 radical (unpaired) electrons. The van der Waals surface area contributed by atoms with E-state index in [4.69, 9.17) is 15.6 Å². The minimum absolute atomic E-state index is 0.0866. The van der Waals surface area contributed by atoms with E-state index < -0.39 is 5.97 Å². The second kappa shape index (κ2) is 18.9. The van der Waals surface area contributed by atoms with E-state index in [9.17, 15) is 19.2 Å². The number of ether oxygens (including phenoxy) is 1. The lowest BCUT2D eigenvalue weighted by molar-refractivity contribution is -0.830. The Bertz CT molecular complexity index is 702. The zero-order chi connectivity index (χ0) is 25.9. The molecule has 9 nitrogen and oxygen atoms in total. The van der Waals surface area contributed by atoms with Gasteiger partial charge in [0, 0.05) is 25.0 Å². The topological polar surface area (TPSA) is 136 Å². The van der Waals surface area contributed by atoms with Crippen molar-refractivity contribution in [1.82, 2.24) is 0 Å². The van der Waals surface area contributed by atoms with E-state index in [-0.39, 0.29) is 34.5 Å². The number of hydrogen-bond donors (Lipinski definition) is 2. The molecule has 0 aromatic carbocycles. The highest BCUT2D eigenvalue weighted by atomic mass is 16.5. The number of aliphatic imine (C=N–C) groups is 1. The first-order chi connectivity index (χ1) is 15.6. The summed E-state index contributed by atoms with van der Waals surface area (Å²) in [6.07, 6.45) is 12.8. The molecule has 3 atom stereocenters. The van der Waals surface area contributed by atoms with Gasteiger partial charge in [-0.1, -0.05) is 40.5 Å². The predicted octanol–water partition coefficient (Wildman–Crippen LogP) is 4.36. The summed E-state index contributed by atoms with van der Waals surface area (Å²) in [5.41, 5.74) is 5.53. The monoisotopic (exact) mass is 468 g/mol. The Kier molecular flexibility index (Phi) is 18.6. The average molecular weight is 469 g/mol. The molecule has 1 saturated heterocycles. The molecule has 2 heterocycles. The third-order valence-corrected chi connectivity index (χ3v) is 4.67. The van der Waals surface area contributed by atoms with Crippen LogP contribution in [0.25, 0.3) is 0 Å². The van der Waals surface area contributed by atoms with Crippen LogP contribution < -0.4 is 5.73 Å². The smallest absolute Gasteiger partial charge is 0.451 e. The number of nitrogens with zero attached hydrogens (tertiary/aromatic N) is 2. The van der Waals surface area contributed by atoms with Crippen LogP contribution >= 0.6 is 0 Å². The minimum atomic E-state index is -1.10. The molecule has 0 saturated carbocycles.